The lowest BCUT2D eigenvalue weighted by molar-refractivity contribution is -0.0116. The molecule has 1 aliphatic heterocycles. The average Bonchev–Trinajstić information content (AvgIpc) is 2.74. The first-order valence-corrected chi connectivity index (χ1v) is 5.56. The molecule has 0 aliphatic carbocycles. The third-order valence-electron chi connectivity index (χ3n) is 3.03. The summed E-state index contributed by atoms with van der Waals surface area (Å²) in [5, 5.41) is 7.44. The molecule has 3 rings (SSSR count). The minimum atomic E-state index is -2.59. The van der Waals surface area contributed by atoms with Gasteiger partial charge in [-0.2, -0.15) is 5.10 Å². The van der Waals surface area contributed by atoms with Gasteiger partial charge in [0.2, 0.25) is 0 Å². The molecule has 0 bridgehead atoms. The molecule has 0 saturated carbocycles. The molecule has 0 aromatic carbocycles. The van der Waals surface area contributed by atoms with Crippen LogP contribution in [0, 0.1) is 0 Å². The molecular weight excluding hydrogens is 226 g/mol. The van der Waals surface area contributed by atoms with Crippen molar-refractivity contribution in [1.82, 2.24) is 15.2 Å². The maximum absolute atomic E-state index is 13.3. The second-order valence-electron chi connectivity index (χ2n) is 4.38. The number of rotatable bonds is 1. The van der Waals surface area contributed by atoms with Crippen molar-refractivity contribution in [2.45, 2.75) is 18.8 Å². The summed E-state index contributed by atoms with van der Waals surface area (Å²) in [7, 11) is 0. The molecule has 1 fully saturated rings. The molecule has 1 aliphatic rings. The molecule has 1 saturated heterocycles. The average molecular weight is 238 g/mol. The van der Waals surface area contributed by atoms with E-state index in [0.717, 1.165) is 11.1 Å². The predicted octanol–water partition coefficient (Wildman–Crippen LogP) is 2.19. The SMILES string of the molecule is FC1(F)CCCN(c2cnc3[nH]ncc3c2)C1. The number of pyridine rings is 1. The maximum Gasteiger partial charge on any atom is 0.265 e. The standard InChI is InChI=1S/C11H12F2N4/c12-11(13)2-1-3-17(7-11)9-4-8-5-15-16-10(8)14-6-9/h4-6H,1-3,7H2,(H,14,15,16). The molecule has 2 aromatic heterocycles. The molecule has 17 heavy (non-hydrogen) atoms. The fourth-order valence-corrected chi connectivity index (χ4v) is 2.18. The highest BCUT2D eigenvalue weighted by Gasteiger charge is 2.35. The van der Waals surface area contributed by atoms with Gasteiger partial charge in [0.1, 0.15) is 0 Å². The Hall–Kier alpha value is -1.72. The predicted molar refractivity (Wildman–Crippen MR) is 60.3 cm³/mol. The number of aromatic amines is 1. The topological polar surface area (TPSA) is 44.8 Å². The monoisotopic (exact) mass is 238 g/mol. The Balaban J connectivity index is 1.92. The van der Waals surface area contributed by atoms with Crippen LogP contribution in [0.2, 0.25) is 0 Å². The largest absolute Gasteiger partial charge is 0.364 e. The number of anilines is 1. The van der Waals surface area contributed by atoms with Crippen LogP contribution in [0.25, 0.3) is 11.0 Å². The van der Waals surface area contributed by atoms with Gasteiger partial charge >= 0.3 is 0 Å². The molecule has 90 valence electrons. The van der Waals surface area contributed by atoms with E-state index in [1.807, 2.05) is 6.07 Å². The van der Waals surface area contributed by atoms with Crippen LogP contribution < -0.4 is 4.90 Å². The summed E-state index contributed by atoms with van der Waals surface area (Å²) in [6.45, 7) is 0.429. The van der Waals surface area contributed by atoms with Crippen molar-refractivity contribution in [1.29, 1.82) is 0 Å². The van der Waals surface area contributed by atoms with Crippen LogP contribution >= 0.6 is 0 Å². The van der Waals surface area contributed by atoms with Gasteiger partial charge in [-0.1, -0.05) is 0 Å². The minimum absolute atomic E-state index is 0.0229. The Bertz CT molecular complexity index is 537. The first kappa shape index (κ1) is 10.4. The van der Waals surface area contributed by atoms with Crippen LogP contribution in [0.15, 0.2) is 18.5 Å². The molecular formula is C11H12F2N4. The quantitative estimate of drug-likeness (QED) is 0.828. The van der Waals surface area contributed by atoms with Crippen molar-refractivity contribution in [3.63, 3.8) is 0 Å². The number of halogens is 2. The third-order valence-corrected chi connectivity index (χ3v) is 3.03. The number of nitrogens with one attached hydrogen (secondary N) is 1. The van der Waals surface area contributed by atoms with Gasteiger partial charge in [-0.15, -0.1) is 0 Å². The first-order chi connectivity index (χ1) is 8.14. The molecule has 0 atom stereocenters. The molecule has 0 radical (unpaired) electrons. The molecule has 0 amide bonds. The smallest absolute Gasteiger partial charge is 0.265 e. The molecule has 6 heteroatoms. The molecule has 0 unspecified atom stereocenters. The lowest BCUT2D eigenvalue weighted by Crippen LogP contribution is -2.42. The zero-order valence-corrected chi connectivity index (χ0v) is 9.16. The van der Waals surface area contributed by atoms with Gasteiger partial charge in [0.25, 0.3) is 5.92 Å². The summed E-state index contributed by atoms with van der Waals surface area (Å²) in [6.07, 6.45) is 3.75. The summed E-state index contributed by atoms with van der Waals surface area (Å²) in [6, 6.07) is 1.84. The number of alkyl halides is 2. The normalized spacial score (nSPS) is 19.8. The van der Waals surface area contributed by atoms with E-state index in [4.69, 9.17) is 0 Å². The van der Waals surface area contributed by atoms with Gasteiger partial charge in [0.05, 0.1) is 24.6 Å². The van der Waals surface area contributed by atoms with E-state index < -0.39 is 5.92 Å². The number of fused-ring (bicyclic) bond motifs is 1. The Morgan fingerprint density at radius 1 is 1.35 bits per heavy atom. The van der Waals surface area contributed by atoms with Crippen LogP contribution in [0.3, 0.4) is 0 Å². The van der Waals surface area contributed by atoms with E-state index in [1.54, 1.807) is 17.3 Å². The molecule has 4 nitrogen and oxygen atoms in total. The van der Waals surface area contributed by atoms with Crippen molar-refractivity contribution in [2.75, 3.05) is 18.0 Å². The summed E-state index contributed by atoms with van der Waals surface area (Å²) in [4.78, 5) is 5.84. The van der Waals surface area contributed by atoms with Crippen LogP contribution in [-0.2, 0) is 0 Å². The summed E-state index contributed by atoms with van der Waals surface area (Å²) >= 11 is 0. The minimum Gasteiger partial charge on any atom is -0.364 e. The van der Waals surface area contributed by atoms with E-state index in [9.17, 15) is 8.78 Å². The Morgan fingerprint density at radius 3 is 3.06 bits per heavy atom. The van der Waals surface area contributed by atoms with Gasteiger partial charge in [-0.25, -0.2) is 13.8 Å². The molecule has 1 N–H and O–H groups in total. The Morgan fingerprint density at radius 2 is 2.24 bits per heavy atom. The van der Waals surface area contributed by atoms with Crippen LogP contribution in [-0.4, -0.2) is 34.2 Å². The van der Waals surface area contributed by atoms with Crippen LogP contribution in [0.5, 0.6) is 0 Å². The van der Waals surface area contributed by atoms with Crippen molar-refractivity contribution in [3.8, 4) is 0 Å². The number of piperidine rings is 1. The summed E-state index contributed by atoms with van der Waals surface area (Å²) < 4.78 is 26.6. The van der Waals surface area contributed by atoms with E-state index in [-0.39, 0.29) is 13.0 Å². The molecule has 0 spiro atoms. The second kappa shape index (κ2) is 3.65. The fraction of sp³-hybridized carbons (Fsp3) is 0.455. The molecule has 2 aromatic rings. The van der Waals surface area contributed by atoms with Gasteiger partial charge in [0, 0.05) is 18.4 Å². The van der Waals surface area contributed by atoms with E-state index in [1.165, 1.54) is 0 Å². The Kier molecular flexibility index (Phi) is 2.24. The number of aromatic nitrogens is 3. The highest BCUT2D eigenvalue weighted by Crippen LogP contribution is 2.30. The van der Waals surface area contributed by atoms with Crippen LogP contribution in [0.4, 0.5) is 14.5 Å². The maximum atomic E-state index is 13.3. The molecule has 3 heterocycles. The van der Waals surface area contributed by atoms with Crippen molar-refractivity contribution < 1.29 is 8.78 Å². The summed E-state index contributed by atoms with van der Waals surface area (Å²) in [5.41, 5.74) is 1.41. The number of H-pyrrole nitrogens is 1. The van der Waals surface area contributed by atoms with Gasteiger partial charge in [0.15, 0.2) is 5.65 Å². The van der Waals surface area contributed by atoms with Crippen molar-refractivity contribution in [2.24, 2.45) is 0 Å². The third kappa shape index (κ3) is 1.94. The Labute approximate surface area is 96.6 Å². The lowest BCUT2D eigenvalue weighted by Gasteiger charge is -2.33. The van der Waals surface area contributed by atoms with Crippen molar-refractivity contribution in [3.05, 3.63) is 18.5 Å². The first-order valence-electron chi connectivity index (χ1n) is 5.56. The number of nitrogens with zero attached hydrogens (tertiary/aromatic N) is 3. The zero-order chi connectivity index (χ0) is 11.9. The van der Waals surface area contributed by atoms with E-state index >= 15 is 0 Å². The van der Waals surface area contributed by atoms with Crippen LogP contribution in [0.1, 0.15) is 12.8 Å². The lowest BCUT2D eigenvalue weighted by atomic mass is 10.1. The number of hydrogen-bond acceptors (Lipinski definition) is 3. The van der Waals surface area contributed by atoms with E-state index in [2.05, 4.69) is 15.2 Å². The van der Waals surface area contributed by atoms with Crippen molar-refractivity contribution >= 4 is 16.7 Å². The van der Waals surface area contributed by atoms with Gasteiger partial charge < -0.3 is 4.90 Å². The highest BCUT2D eigenvalue weighted by molar-refractivity contribution is 5.77. The van der Waals surface area contributed by atoms with Gasteiger partial charge in [-0.3, -0.25) is 5.10 Å². The number of hydrogen-bond donors (Lipinski definition) is 1. The summed E-state index contributed by atoms with van der Waals surface area (Å²) in [5.74, 6) is -2.59. The van der Waals surface area contributed by atoms with Gasteiger partial charge in [-0.05, 0) is 12.5 Å². The zero-order valence-electron chi connectivity index (χ0n) is 9.16. The fourth-order valence-electron chi connectivity index (χ4n) is 2.18. The highest BCUT2D eigenvalue weighted by atomic mass is 19.3. The van der Waals surface area contributed by atoms with E-state index in [0.29, 0.717) is 18.6 Å². The second-order valence-corrected chi connectivity index (χ2v) is 4.38.